The van der Waals surface area contributed by atoms with Gasteiger partial charge in [0.1, 0.15) is 0 Å². The number of benzene rings is 1. The van der Waals surface area contributed by atoms with Crippen LogP contribution in [0.4, 0.5) is 5.69 Å². The third-order valence-corrected chi connectivity index (χ3v) is 2.76. The molecule has 0 unspecified atom stereocenters. The fraction of sp³-hybridized carbons (Fsp3) is 0.500. The van der Waals surface area contributed by atoms with Gasteiger partial charge in [0.25, 0.3) is 0 Å². The van der Waals surface area contributed by atoms with E-state index in [1.807, 2.05) is 0 Å². The summed E-state index contributed by atoms with van der Waals surface area (Å²) in [5, 5.41) is 0. The molecule has 0 fully saturated rings. The summed E-state index contributed by atoms with van der Waals surface area (Å²) in [4.78, 5) is 2.19. The molecule has 0 amide bonds. The van der Waals surface area contributed by atoms with Gasteiger partial charge in [0.05, 0.1) is 0 Å². The Kier molecular flexibility index (Phi) is 4.47. The van der Waals surface area contributed by atoms with Gasteiger partial charge in [-0.2, -0.15) is 0 Å². The van der Waals surface area contributed by atoms with E-state index in [4.69, 9.17) is 0 Å². The van der Waals surface area contributed by atoms with Gasteiger partial charge in [0, 0.05) is 19.8 Å². The zero-order chi connectivity index (χ0) is 10.2. The second kappa shape index (κ2) is 4.70. The zero-order valence-corrected chi connectivity index (χ0v) is 10.7. The highest BCUT2D eigenvalue weighted by atomic mass is 35.5. The van der Waals surface area contributed by atoms with E-state index in [1.54, 1.807) is 0 Å². The first-order valence-corrected chi connectivity index (χ1v) is 4.70. The number of hydrogen-bond donors (Lipinski definition) is 0. The van der Waals surface area contributed by atoms with Crippen LogP contribution in [-0.4, -0.2) is 14.1 Å². The number of hydrogen-bond acceptors (Lipinski definition) is 1. The summed E-state index contributed by atoms with van der Waals surface area (Å²) in [6.45, 7) is 8.74. The van der Waals surface area contributed by atoms with Crippen LogP contribution in [0.5, 0.6) is 0 Å². The van der Waals surface area contributed by atoms with Crippen LogP contribution in [0.3, 0.4) is 0 Å². The van der Waals surface area contributed by atoms with Crippen LogP contribution in [0, 0.1) is 27.7 Å². The third kappa shape index (κ3) is 2.21. The van der Waals surface area contributed by atoms with Crippen molar-refractivity contribution in [2.45, 2.75) is 27.7 Å². The minimum absolute atomic E-state index is 0. The van der Waals surface area contributed by atoms with Crippen molar-refractivity contribution in [3.05, 3.63) is 28.3 Å². The fourth-order valence-corrected chi connectivity index (χ4v) is 1.96. The molecule has 2 heteroatoms. The molecule has 14 heavy (non-hydrogen) atoms. The van der Waals surface area contributed by atoms with Crippen LogP contribution in [0.2, 0.25) is 0 Å². The molecular formula is C12H20ClN. The Balaban J connectivity index is 0.00000169. The molecule has 0 bridgehead atoms. The summed E-state index contributed by atoms with van der Waals surface area (Å²) >= 11 is 0. The first kappa shape index (κ1) is 13.3. The lowest BCUT2D eigenvalue weighted by Gasteiger charge is -2.21. The number of nitrogens with zero attached hydrogens (tertiary/aromatic N) is 1. The Labute approximate surface area is 93.5 Å². The quantitative estimate of drug-likeness (QED) is 0.691. The zero-order valence-electron chi connectivity index (χ0n) is 9.93. The SMILES string of the molecule is Cc1cc(C)c(N(C)C)c(C)c1C.Cl. The van der Waals surface area contributed by atoms with Crippen LogP contribution < -0.4 is 4.90 Å². The van der Waals surface area contributed by atoms with Crippen molar-refractivity contribution in [1.29, 1.82) is 0 Å². The van der Waals surface area contributed by atoms with Gasteiger partial charge < -0.3 is 4.90 Å². The lowest BCUT2D eigenvalue weighted by atomic mass is 9.98. The molecule has 1 rings (SSSR count). The summed E-state index contributed by atoms with van der Waals surface area (Å²) in [5.74, 6) is 0. The second-order valence-electron chi connectivity index (χ2n) is 4.00. The van der Waals surface area contributed by atoms with E-state index in [0.717, 1.165) is 0 Å². The smallest absolute Gasteiger partial charge is 0.0423 e. The molecule has 0 saturated carbocycles. The molecule has 0 spiro atoms. The first-order chi connectivity index (χ1) is 5.95. The van der Waals surface area contributed by atoms with Gasteiger partial charge in [-0.3, -0.25) is 0 Å². The topological polar surface area (TPSA) is 3.24 Å². The number of aryl methyl sites for hydroxylation is 2. The highest BCUT2D eigenvalue weighted by Gasteiger charge is 2.08. The number of halogens is 1. The predicted molar refractivity (Wildman–Crippen MR) is 67.0 cm³/mol. The molecule has 1 aromatic rings. The summed E-state index contributed by atoms with van der Waals surface area (Å²) in [7, 11) is 4.20. The van der Waals surface area contributed by atoms with Gasteiger partial charge in [-0.25, -0.2) is 0 Å². The third-order valence-electron chi connectivity index (χ3n) is 2.76. The fourth-order valence-electron chi connectivity index (χ4n) is 1.96. The van der Waals surface area contributed by atoms with Crippen molar-refractivity contribution in [3.63, 3.8) is 0 Å². The lowest BCUT2D eigenvalue weighted by Crippen LogP contribution is -2.13. The van der Waals surface area contributed by atoms with Crippen molar-refractivity contribution in [1.82, 2.24) is 0 Å². The Hall–Kier alpha value is -0.690. The molecular weight excluding hydrogens is 194 g/mol. The van der Waals surface area contributed by atoms with E-state index >= 15 is 0 Å². The molecule has 0 aliphatic carbocycles. The van der Waals surface area contributed by atoms with Crippen LogP contribution in [-0.2, 0) is 0 Å². The highest BCUT2D eigenvalue weighted by molar-refractivity contribution is 5.85. The lowest BCUT2D eigenvalue weighted by molar-refractivity contribution is 1.08. The Morgan fingerprint density at radius 2 is 1.36 bits per heavy atom. The highest BCUT2D eigenvalue weighted by Crippen LogP contribution is 2.27. The maximum atomic E-state index is 2.26. The molecule has 1 nitrogen and oxygen atoms in total. The van der Waals surface area contributed by atoms with Crippen molar-refractivity contribution in [3.8, 4) is 0 Å². The molecule has 0 saturated heterocycles. The molecule has 80 valence electrons. The van der Waals surface area contributed by atoms with Crippen LogP contribution >= 0.6 is 12.4 Å². The van der Waals surface area contributed by atoms with Crippen LogP contribution in [0.1, 0.15) is 22.3 Å². The first-order valence-electron chi connectivity index (χ1n) is 4.70. The van der Waals surface area contributed by atoms with E-state index in [2.05, 4.69) is 52.8 Å². The van der Waals surface area contributed by atoms with Crippen molar-refractivity contribution >= 4 is 18.1 Å². The van der Waals surface area contributed by atoms with E-state index in [1.165, 1.54) is 27.9 Å². The van der Waals surface area contributed by atoms with Crippen molar-refractivity contribution < 1.29 is 0 Å². The van der Waals surface area contributed by atoms with Crippen LogP contribution in [0.25, 0.3) is 0 Å². The van der Waals surface area contributed by atoms with Gasteiger partial charge in [-0.15, -0.1) is 12.4 Å². The Bertz CT molecular complexity index is 330. The van der Waals surface area contributed by atoms with Crippen molar-refractivity contribution in [2.75, 3.05) is 19.0 Å². The Morgan fingerprint density at radius 3 is 1.79 bits per heavy atom. The molecule has 0 aromatic heterocycles. The van der Waals surface area contributed by atoms with Gasteiger partial charge in [0.15, 0.2) is 0 Å². The second-order valence-corrected chi connectivity index (χ2v) is 4.00. The molecule has 0 radical (unpaired) electrons. The predicted octanol–water partition coefficient (Wildman–Crippen LogP) is 3.41. The maximum absolute atomic E-state index is 2.26. The molecule has 1 aromatic carbocycles. The Morgan fingerprint density at radius 1 is 0.857 bits per heavy atom. The average Bonchev–Trinajstić information content (AvgIpc) is 1.99. The summed E-state index contributed by atoms with van der Waals surface area (Å²) in [6, 6.07) is 2.26. The maximum Gasteiger partial charge on any atom is 0.0423 e. The van der Waals surface area contributed by atoms with E-state index < -0.39 is 0 Å². The monoisotopic (exact) mass is 213 g/mol. The van der Waals surface area contributed by atoms with E-state index in [9.17, 15) is 0 Å². The molecule has 0 N–H and O–H groups in total. The van der Waals surface area contributed by atoms with Gasteiger partial charge in [-0.1, -0.05) is 6.07 Å². The summed E-state index contributed by atoms with van der Waals surface area (Å²) < 4.78 is 0. The minimum Gasteiger partial charge on any atom is -0.377 e. The van der Waals surface area contributed by atoms with Gasteiger partial charge >= 0.3 is 0 Å². The average molecular weight is 214 g/mol. The normalized spacial score (nSPS) is 9.57. The largest absolute Gasteiger partial charge is 0.377 e. The summed E-state index contributed by atoms with van der Waals surface area (Å²) in [6.07, 6.45) is 0. The summed E-state index contributed by atoms with van der Waals surface area (Å²) in [5.41, 5.74) is 6.94. The van der Waals surface area contributed by atoms with Crippen molar-refractivity contribution in [2.24, 2.45) is 0 Å². The van der Waals surface area contributed by atoms with E-state index in [-0.39, 0.29) is 12.4 Å². The molecule has 0 aliphatic heterocycles. The molecule has 0 aliphatic rings. The van der Waals surface area contributed by atoms with Crippen LogP contribution in [0.15, 0.2) is 6.07 Å². The molecule has 0 heterocycles. The van der Waals surface area contributed by atoms with Gasteiger partial charge in [0.2, 0.25) is 0 Å². The van der Waals surface area contributed by atoms with Gasteiger partial charge in [-0.05, 0) is 49.9 Å². The minimum atomic E-state index is 0. The standard InChI is InChI=1S/C12H19N.ClH/c1-8-7-9(2)12(13(5)6)11(4)10(8)3;/h7H,1-6H3;1H. The number of rotatable bonds is 1. The number of anilines is 1. The molecule has 0 atom stereocenters. The van der Waals surface area contributed by atoms with E-state index in [0.29, 0.717) is 0 Å².